The Kier molecular flexibility index (Phi) is 2.50. The van der Waals surface area contributed by atoms with Gasteiger partial charge >= 0.3 is 0 Å². The number of halogens is 1. The number of rotatable bonds is 2. The smallest absolute Gasteiger partial charge is 0.274 e. The fraction of sp³-hybridized carbons (Fsp3) is 0.286. The lowest BCUT2D eigenvalue weighted by Gasteiger charge is -2.05. The molecule has 4 rings (SSSR count). The monoisotopic (exact) mass is 306 g/mol. The molecule has 2 heterocycles. The van der Waals surface area contributed by atoms with Crippen LogP contribution in [0.4, 0.5) is 4.39 Å². The number of fused-ring (bicyclic) bond motifs is 2. The SMILES string of the molecule is COc1cc(F)cc2c(=O)c3c(=O)n(C4CC4)sc3[nH]c12. The average Bonchev–Trinajstić information content (AvgIpc) is 3.24. The van der Waals surface area contributed by atoms with Gasteiger partial charge in [0.1, 0.15) is 21.8 Å². The molecule has 1 aliphatic carbocycles. The molecule has 0 saturated heterocycles. The maximum Gasteiger partial charge on any atom is 0.274 e. The number of methoxy groups -OCH3 is 1. The molecule has 0 spiro atoms. The second kappa shape index (κ2) is 4.17. The van der Waals surface area contributed by atoms with Gasteiger partial charge in [-0.25, -0.2) is 4.39 Å². The molecule has 0 aliphatic heterocycles. The van der Waals surface area contributed by atoms with Gasteiger partial charge in [-0.1, -0.05) is 0 Å². The van der Waals surface area contributed by atoms with Crippen molar-refractivity contribution in [3.63, 3.8) is 0 Å². The van der Waals surface area contributed by atoms with E-state index in [1.165, 1.54) is 24.7 Å². The molecule has 1 saturated carbocycles. The summed E-state index contributed by atoms with van der Waals surface area (Å²) in [6, 6.07) is 2.55. The van der Waals surface area contributed by atoms with Crippen LogP contribution in [0.5, 0.6) is 5.75 Å². The van der Waals surface area contributed by atoms with Gasteiger partial charge in [-0.3, -0.25) is 13.5 Å². The lowest BCUT2D eigenvalue weighted by atomic mass is 10.1. The molecular weight excluding hydrogens is 295 g/mol. The number of ether oxygens (including phenoxy) is 1. The van der Waals surface area contributed by atoms with Gasteiger partial charge in [0.25, 0.3) is 5.56 Å². The Bertz CT molecular complexity index is 997. The number of aromatic nitrogens is 2. The zero-order valence-corrected chi connectivity index (χ0v) is 11.9. The van der Waals surface area contributed by atoms with E-state index in [2.05, 4.69) is 4.98 Å². The van der Waals surface area contributed by atoms with E-state index in [0.29, 0.717) is 10.3 Å². The molecule has 2 aromatic heterocycles. The van der Waals surface area contributed by atoms with E-state index in [9.17, 15) is 14.0 Å². The zero-order valence-electron chi connectivity index (χ0n) is 11.1. The highest BCUT2D eigenvalue weighted by atomic mass is 32.1. The average molecular weight is 306 g/mol. The van der Waals surface area contributed by atoms with E-state index in [1.54, 1.807) is 3.96 Å². The van der Waals surface area contributed by atoms with Crippen molar-refractivity contribution < 1.29 is 9.13 Å². The molecule has 1 fully saturated rings. The largest absolute Gasteiger partial charge is 0.494 e. The van der Waals surface area contributed by atoms with Crippen molar-refractivity contribution >= 4 is 32.7 Å². The van der Waals surface area contributed by atoms with E-state index in [0.717, 1.165) is 18.9 Å². The van der Waals surface area contributed by atoms with Crippen molar-refractivity contribution in [1.29, 1.82) is 0 Å². The van der Waals surface area contributed by atoms with Gasteiger partial charge in [0, 0.05) is 12.1 Å². The van der Waals surface area contributed by atoms with Crippen LogP contribution in [0.3, 0.4) is 0 Å². The molecule has 1 N–H and O–H groups in total. The highest BCUT2D eigenvalue weighted by molar-refractivity contribution is 7.13. The van der Waals surface area contributed by atoms with Crippen molar-refractivity contribution in [3.8, 4) is 5.75 Å². The third-order valence-corrected chi connectivity index (χ3v) is 4.86. The van der Waals surface area contributed by atoms with Crippen molar-refractivity contribution in [2.45, 2.75) is 18.9 Å². The van der Waals surface area contributed by atoms with E-state index in [4.69, 9.17) is 4.74 Å². The van der Waals surface area contributed by atoms with Crippen LogP contribution in [0.1, 0.15) is 18.9 Å². The Hall–Kier alpha value is -2.15. The Balaban J connectivity index is 2.20. The van der Waals surface area contributed by atoms with Crippen molar-refractivity contribution in [3.05, 3.63) is 38.5 Å². The lowest BCUT2D eigenvalue weighted by molar-refractivity contribution is 0.415. The summed E-state index contributed by atoms with van der Waals surface area (Å²) < 4.78 is 20.3. The fourth-order valence-electron chi connectivity index (χ4n) is 2.53. The first-order chi connectivity index (χ1) is 10.1. The molecule has 0 amide bonds. The van der Waals surface area contributed by atoms with Crippen molar-refractivity contribution in [1.82, 2.24) is 8.94 Å². The van der Waals surface area contributed by atoms with Crippen LogP contribution in [-0.4, -0.2) is 16.1 Å². The van der Waals surface area contributed by atoms with E-state index in [-0.39, 0.29) is 28.1 Å². The van der Waals surface area contributed by atoms with Crippen LogP contribution in [0, 0.1) is 5.82 Å². The first kappa shape index (κ1) is 12.6. The van der Waals surface area contributed by atoms with Crippen LogP contribution in [0.2, 0.25) is 0 Å². The van der Waals surface area contributed by atoms with E-state index < -0.39 is 11.2 Å². The van der Waals surface area contributed by atoms with Crippen LogP contribution in [0.15, 0.2) is 21.7 Å². The van der Waals surface area contributed by atoms with Gasteiger partial charge in [-0.05, 0) is 30.4 Å². The van der Waals surface area contributed by atoms with Gasteiger partial charge in [0.05, 0.1) is 18.0 Å². The topological polar surface area (TPSA) is 64.1 Å². The number of benzene rings is 1. The third-order valence-electron chi connectivity index (χ3n) is 3.71. The summed E-state index contributed by atoms with van der Waals surface area (Å²) in [4.78, 5) is 28.4. The first-order valence-corrected chi connectivity index (χ1v) is 7.32. The van der Waals surface area contributed by atoms with Crippen LogP contribution < -0.4 is 15.7 Å². The summed E-state index contributed by atoms with van der Waals surface area (Å²) in [6.07, 6.45) is 1.91. The zero-order chi connectivity index (χ0) is 14.7. The number of hydrogen-bond acceptors (Lipinski definition) is 4. The molecule has 3 aromatic rings. The predicted molar refractivity (Wildman–Crippen MR) is 79.0 cm³/mol. The maximum atomic E-state index is 13.6. The maximum absolute atomic E-state index is 13.6. The second-order valence-electron chi connectivity index (χ2n) is 5.14. The molecule has 0 bridgehead atoms. The predicted octanol–water partition coefficient (Wildman–Crippen LogP) is 2.39. The highest BCUT2D eigenvalue weighted by Crippen LogP contribution is 2.36. The van der Waals surface area contributed by atoms with E-state index >= 15 is 0 Å². The molecule has 0 unspecified atom stereocenters. The van der Waals surface area contributed by atoms with Gasteiger partial charge in [-0.15, -0.1) is 0 Å². The standard InChI is InChI=1S/C14H11FN2O3S/c1-20-9-5-6(15)4-8-11(9)16-13-10(12(8)18)14(19)17(21-13)7-2-3-7/h4-5,7H,2-3H2,1H3,(H,16,18). The van der Waals surface area contributed by atoms with E-state index in [1.807, 2.05) is 0 Å². The summed E-state index contributed by atoms with van der Waals surface area (Å²) in [6.45, 7) is 0. The van der Waals surface area contributed by atoms with Gasteiger partial charge in [0.15, 0.2) is 0 Å². The minimum absolute atomic E-state index is 0.104. The van der Waals surface area contributed by atoms with Crippen molar-refractivity contribution in [2.24, 2.45) is 0 Å². The highest BCUT2D eigenvalue weighted by Gasteiger charge is 2.28. The van der Waals surface area contributed by atoms with Gasteiger partial charge in [-0.2, -0.15) is 0 Å². The summed E-state index contributed by atoms with van der Waals surface area (Å²) in [5.74, 6) is -0.315. The third kappa shape index (κ3) is 1.73. The number of nitrogens with one attached hydrogen (secondary N) is 1. The molecule has 108 valence electrons. The molecular formula is C14H11FN2O3S. The summed E-state index contributed by atoms with van der Waals surface area (Å²) in [7, 11) is 1.41. The van der Waals surface area contributed by atoms with Crippen molar-refractivity contribution in [2.75, 3.05) is 7.11 Å². The van der Waals surface area contributed by atoms with Gasteiger partial charge in [0.2, 0.25) is 5.43 Å². The van der Waals surface area contributed by atoms with Crippen LogP contribution in [-0.2, 0) is 0 Å². The molecule has 0 atom stereocenters. The molecule has 1 aliphatic rings. The molecule has 7 heteroatoms. The number of H-pyrrole nitrogens is 1. The quantitative estimate of drug-likeness (QED) is 0.790. The Morgan fingerprint density at radius 3 is 2.81 bits per heavy atom. The normalized spacial score (nSPS) is 15.0. The lowest BCUT2D eigenvalue weighted by Crippen LogP contribution is -2.17. The summed E-state index contributed by atoms with van der Waals surface area (Å²) >= 11 is 1.25. The minimum atomic E-state index is -0.568. The number of nitrogens with zero attached hydrogens (tertiary/aromatic N) is 1. The second-order valence-corrected chi connectivity index (χ2v) is 6.13. The Morgan fingerprint density at radius 1 is 1.38 bits per heavy atom. The summed E-state index contributed by atoms with van der Waals surface area (Å²) in [5.41, 5.74) is -0.318. The fourth-order valence-corrected chi connectivity index (χ4v) is 3.68. The summed E-state index contributed by atoms with van der Waals surface area (Å²) in [5, 5.41) is 0.240. The minimum Gasteiger partial charge on any atom is -0.494 e. The Labute approximate surface area is 121 Å². The van der Waals surface area contributed by atoms with Crippen LogP contribution in [0.25, 0.3) is 21.1 Å². The first-order valence-electron chi connectivity index (χ1n) is 6.55. The molecule has 1 aromatic carbocycles. The van der Waals surface area contributed by atoms with Gasteiger partial charge < -0.3 is 9.72 Å². The molecule has 0 radical (unpaired) electrons. The number of aromatic amines is 1. The number of hydrogen-bond donors (Lipinski definition) is 1. The molecule has 21 heavy (non-hydrogen) atoms. The number of pyridine rings is 1. The molecule has 5 nitrogen and oxygen atoms in total. The van der Waals surface area contributed by atoms with Crippen LogP contribution >= 0.6 is 11.5 Å². The Morgan fingerprint density at radius 2 is 2.14 bits per heavy atom.